The topological polar surface area (TPSA) is 54.7 Å². The predicted octanol–water partition coefficient (Wildman–Crippen LogP) is 0.912. The number of aromatic nitrogens is 2. The zero-order chi connectivity index (χ0) is 7.78. The smallest absolute Gasteiger partial charge is 0.0926 e. The Morgan fingerprint density at radius 1 is 1.60 bits per heavy atom. The monoisotopic (exact) mass is 139 g/mol. The van der Waals surface area contributed by atoms with Crippen molar-refractivity contribution in [1.82, 2.24) is 9.97 Å². The molecule has 0 saturated carbocycles. The average Bonchev–Trinajstić information content (AvgIpc) is 2.11. The number of rotatable bonds is 1. The van der Waals surface area contributed by atoms with Gasteiger partial charge in [0.25, 0.3) is 0 Å². The summed E-state index contributed by atoms with van der Waals surface area (Å²) in [5.74, 6) is 0. The van der Waals surface area contributed by atoms with Gasteiger partial charge in [-0.1, -0.05) is 0 Å². The minimum atomic E-state index is -0.329. The Labute approximate surface area is 60.7 Å². The van der Waals surface area contributed by atoms with Crippen LogP contribution in [-0.4, -0.2) is 9.97 Å². The summed E-state index contributed by atoms with van der Waals surface area (Å²) in [5, 5.41) is 0. The van der Waals surface area contributed by atoms with Crippen molar-refractivity contribution in [2.75, 3.05) is 0 Å². The zero-order valence-corrected chi connectivity index (χ0v) is 6.60. The number of aryl methyl sites for hydroxylation is 1. The molecule has 0 aliphatic carbocycles. The molecule has 1 aromatic heterocycles. The molecular weight excluding hydrogens is 126 g/mol. The lowest BCUT2D eigenvalue weighted by Gasteiger charge is -2.16. The summed E-state index contributed by atoms with van der Waals surface area (Å²) in [5.41, 5.74) is 7.48. The van der Waals surface area contributed by atoms with E-state index in [2.05, 4.69) is 9.97 Å². The Kier molecular flexibility index (Phi) is 1.52. The third-order valence-electron chi connectivity index (χ3n) is 1.44. The van der Waals surface area contributed by atoms with Crippen molar-refractivity contribution < 1.29 is 0 Å². The van der Waals surface area contributed by atoms with E-state index in [1.165, 1.54) is 0 Å². The number of imidazole rings is 1. The third kappa shape index (κ3) is 1.19. The van der Waals surface area contributed by atoms with Crippen LogP contribution in [0, 0.1) is 6.92 Å². The molecule has 0 spiro atoms. The van der Waals surface area contributed by atoms with Gasteiger partial charge in [0, 0.05) is 5.69 Å². The highest BCUT2D eigenvalue weighted by Crippen LogP contribution is 2.15. The van der Waals surface area contributed by atoms with Gasteiger partial charge in [-0.15, -0.1) is 0 Å². The predicted molar refractivity (Wildman–Crippen MR) is 40.5 cm³/mol. The Morgan fingerprint density at radius 2 is 2.20 bits per heavy atom. The van der Waals surface area contributed by atoms with Crippen LogP contribution in [0.1, 0.15) is 25.2 Å². The van der Waals surface area contributed by atoms with Gasteiger partial charge in [-0.2, -0.15) is 0 Å². The van der Waals surface area contributed by atoms with Crippen LogP contribution in [0.3, 0.4) is 0 Å². The SMILES string of the molecule is Cc1[nH]cnc1C(C)(C)N. The summed E-state index contributed by atoms with van der Waals surface area (Å²) in [7, 11) is 0. The molecular formula is C7H13N3. The molecule has 0 bridgehead atoms. The molecule has 10 heavy (non-hydrogen) atoms. The van der Waals surface area contributed by atoms with E-state index in [4.69, 9.17) is 5.73 Å². The normalized spacial score (nSPS) is 12.0. The van der Waals surface area contributed by atoms with Gasteiger partial charge >= 0.3 is 0 Å². The van der Waals surface area contributed by atoms with Crippen molar-refractivity contribution in [3.63, 3.8) is 0 Å². The standard InChI is InChI=1S/C7H13N3/c1-5-6(7(2,3)8)10-4-9-5/h4H,8H2,1-3H3,(H,9,10). The number of hydrogen-bond acceptors (Lipinski definition) is 2. The number of H-pyrrole nitrogens is 1. The highest BCUT2D eigenvalue weighted by atomic mass is 14.9. The van der Waals surface area contributed by atoms with Gasteiger partial charge in [0.15, 0.2) is 0 Å². The molecule has 0 amide bonds. The minimum Gasteiger partial charge on any atom is -0.348 e. The first kappa shape index (κ1) is 7.28. The van der Waals surface area contributed by atoms with Crippen molar-refractivity contribution in [1.29, 1.82) is 0 Å². The molecule has 0 aliphatic heterocycles. The van der Waals surface area contributed by atoms with Crippen LogP contribution in [0.4, 0.5) is 0 Å². The Morgan fingerprint density at radius 3 is 2.40 bits per heavy atom. The lowest BCUT2D eigenvalue weighted by molar-refractivity contribution is 0.534. The molecule has 1 heterocycles. The second-order valence-electron chi connectivity index (χ2n) is 3.10. The van der Waals surface area contributed by atoms with Crippen LogP contribution in [0.2, 0.25) is 0 Å². The third-order valence-corrected chi connectivity index (χ3v) is 1.44. The van der Waals surface area contributed by atoms with Crippen LogP contribution in [0.25, 0.3) is 0 Å². The number of nitrogens with two attached hydrogens (primary N) is 1. The van der Waals surface area contributed by atoms with Gasteiger partial charge < -0.3 is 10.7 Å². The van der Waals surface area contributed by atoms with E-state index in [1.807, 2.05) is 20.8 Å². The molecule has 1 aromatic rings. The molecule has 0 fully saturated rings. The molecule has 56 valence electrons. The van der Waals surface area contributed by atoms with E-state index in [0.717, 1.165) is 11.4 Å². The maximum Gasteiger partial charge on any atom is 0.0926 e. The van der Waals surface area contributed by atoms with E-state index in [9.17, 15) is 0 Å². The van der Waals surface area contributed by atoms with Crippen LogP contribution in [-0.2, 0) is 5.54 Å². The van der Waals surface area contributed by atoms with E-state index in [1.54, 1.807) is 6.33 Å². The summed E-state index contributed by atoms with van der Waals surface area (Å²) in [6, 6.07) is 0. The average molecular weight is 139 g/mol. The van der Waals surface area contributed by atoms with Gasteiger partial charge in [-0.3, -0.25) is 0 Å². The number of hydrogen-bond donors (Lipinski definition) is 2. The van der Waals surface area contributed by atoms with Crippen molar-refractivity contribution in [3.8, 4) is 0 Å². The van der Waals surface area contributed by atoms with Crippen molar-refractivity contribution in [3.05, 3.63) is 17.7 Å². The molecule has 0 saturated heterocycles. The first-order chi connectivity index (χ1) is 4.52. The second-order valence-corrected chi connectivity index (χ2v) is 3.10. The van der Waals surface area contributed by atoms with Crippen LogP contribution in [0.5, 0.6) is 0 Å². The highest BCUT2D eigenvalue weighted by molar-refractivity contribution is 5.16. The van der Waals surface area contributed by atoms with Crippen molar-refractivity contribution in [2.24, 2.45) is 5.73 Å². The first-order valence-electron chi connectivity index (χ1n) is 3.31. The molecule has 0 aliphatic rings. The van der Waals surface area contributed by atoms with Crippen LogP contribution < -0.4 is 5.73 Å². The zero-order valence-electron chi connectivity index (χ0n) is 6.60. The lowest BCUT2D eigenvalue weighted by atomic mass is 10.0. The quantitative estimate of drug-likeness (QED) is 0.607. The summed E-state index contributed by atoms with van der Waals surface area (Å²) in [6.07, 6.45) is 1.67. The molecule has 3 heteroatoms. The summed E-state index contributed by atoms with van der Waals surface area (Å²) in [4.78, 5) is 7.09. The number of nitrogens with zero attached hydrogens (tertiary/aromatic N) is 1. The largest absolute Gasteiger partial charge is 0.348 e. The summed E-state index contributed by atoms with van der Waals surface area (Å²) in [6.45, 7) is 5.85. The van der Waals surface area contributed by atoms with Crippen molar-refractivity contribution in [2.45, 2.75) is 26.3 Å². The Balaban J connectivity index is 3.05. The Bertz CT molecular complexity index is 219. The van der Waals surface area contributed by atoms with Gasteiger partial charge in [-0.05, 0) is 20.8 Å². The first-order valence-corrected chi connectivity index (χ1v) is 3.31. The van der Waals surface area contributed by atoms with E-state index >= 15 is 0 Å². The van der Waals surface area contributed by atoms with E-state index in [0.29, 0.717) is 0 Å². The molecule has 0 unspecified atom stereocenters. The van der Waals surface area contributed by atoms with Crippen molar-refractivity contribution >= 4 is 0 Å². The molecule has 3 nitrogen and oxygen atoms in total. The van der Waals surface area contributed by atoms with Gasteiger partial charge in [0.2, 0.25) is 0 Å². The molecule has 0 aromatic carbocycles. The maximum atomic E-state index is 5.82. The Hall–Kier alpha value is -0.830. The van der Waals surface area contributed by atoms with Crippen LogP contribution >= 0.6 is 0 Å². The minimum absolute atomic E-state index is 0.329. The highest BCUT2D eigenvalue weighted by Gasteiger charge is 2.18. The van der Waals surface area contributed by atoms with Gasteiger partial charge in [0.05, 0.1) is 17.6 Å². The maximum absolute atomic E-state index is 5.82. The van der Waals surface area contributed by atoms with E-state index < -0.39 is 0 Å². The lowest BCUT2D eigenvalue weighted by Crippen LogP contribution is -2.29. The van der Waals surface area contributed by atoms with Gasteiger partial charge in [0.1, 0.15) is 0 Å². The number of nitrogens with one attached hydrogen (secondary N) is 1. The van der Waals surface area contributed by atoms with E-state index in [-0.39, 0.29) is 5.54 Å². The fourth-order valence-electron chi connectivity index (χ4n) is 1.01. The van der Waals surface area contributed by atoms with Crippen LogP contribution in [0.15, 0.2) is 6.33 Å². The molecule has 1 rings (SSSR count). The fraction of sp³-hybridized carbons (Fsp3) is 0.571. The molecule has 0 radical (unpaired) electrons. The summed E-state index contributed by atoms with van der Waals surface area (Å²) >= 11 is 0. The summed E-state index contributed by atoms with van der Waals surface area (Å²) < 4.78 is 0. The molecule has 0 atom stereocenters. The number of aromatic amines is 1. The fourth-order valence-corrected chi connectivity index (χ4v) is 1.01. The van der Waals surface area contributed by atoms with Gasteiger partial charge in [-0.25, -0.2) is 4.98 Å². The second kappa shape index (κ2) is 2.09. The molecule has 3 N–H and O–H groups in total.